The van der Waals surface area contributed by atoms with Crippen molar-refractivity contribution < 1.29 is 4.79 Å². The van der Waals surface area contributed by atoms with Crippen LogP contribution in [0.5, 0.6) is 0 Å². The summed E-state index contributed by atoms with van der Waals surface area (Å²) in [6.07, 6.45) is 17.1. The van der Waals surface area contributed by atoms with Gasteiger partial charge in [0.15, 0.2) is 0 Å². The maximum atomic E-state index is 12.8. The van der Waals surface area contributed by atoms with E-state index in [9.17, 15) is 4.79 Å². The highest BCUT2D eigenvalue weighted by Gasteiger charge is 2.29. The van der Waals surface area contributed by atoms with Gasteiger partial charge in [-0.05, 0) is 44.4 Å². The van der Waals surface area contributed by atoms with Gasteiger partial charge in [0.25, 0.3) is 0 Å². The molecule has 0 aromatic carbocycles. The number of likely N-dealkylation sites (tertiary alicyclic amines) is 1. The van der Waals surface area contributed by atoms with E-state index in [1.165, 1.54) is 63.6 Å². The van der Waals surface area contributed by atoms with E-state index in [4.69, 9.17) is 0 Å². The van der Waals surface area contributed by atoms with Crippen molar-refractivity contribution in [2.45, 2.75) is 102 Å². The van der Waals surface area contributed by atoms with E-state index in [2.05, 4.69) is 19.7 Å². The van der Waals surface area contributed by atoms with E-state index in [-0.39, 0.29) is 0 Å². The molecule has 1 amide bonds. The minimum atomic E-state index is 0.367. The van der Waals surface area contributed by atoms with Crippen molar-refractivity contribution in [3.63, 3.8) is 0 Å². The van der Waals surface area contributed by atoms with Crippen molar-refractivity contribution in [3.8, 4) is 0 Å². The molecule has 0 bridgehead atoms. The van der Waals surface area contributed by atoms with E-state index in [1.807, 2.05) is 0 Å². The predicted molar refractivity (Wildman–Crippen MR) is 107 cm³/mol. The van der Waals surface area contributed by atoms with Crippen LogP contribution in [0, 0.1) is 5.92 Å². The Morgan fingerprint density at radius 3 is 2.67 bits per heavy atom. The third kappa shape index (κ3) is 4.72. The summed E-state index contributed by atoms with van der Waals surface area (Å²) in [7, 11) is 0. The van der Waals surface area contributed by atoms with Gasteiger partial charge in [0.05, 0.1) is 0 Å². The van der Waals surface area contributed by atoms with Gasteiger partial charge in [-0.3, -0.25) is 4.79 Å². The zero-order valence-electron chi connectivity index (χ0n) is 16.9. The second kappa shape index (κ2) is 9.20. The summed E-state index contributed by atoms with van der Waals surface area (Å²) < 4.78 is 2.37. The average molecular weight is 373 g/mol. The molecule has 1 saturated carbocycles. The number of piperidine rings is 1. The summed E-state index contributed by atoms with van der Waals surface area (Å²) in [5.74, 6) is 3.93. The van der Waals surface area contributed by atoms with Crippen LogP contribution < -0.4 is 0 Å². The topological polar surface area (TPSA) is 51.0 Å². The molecule has 4 rings (SSSR count). The van der Waals surface area contributed by atoms with Crippen LogP contribution in [-0.2, 0) is 17.8 Å². The first kappa shape index (κ1) is 18.9. The van der Waals surface area contributed by atoms with Gasteiger partial charge in [0, 0.05) is 38.4 Å². The molecule has 5 nitrogen and oxygen atoms in total. The van der Waals surface area contributed by atoms with Gasteiger partial charge in [-0.25, -0.2) is 0 Å². The van der Waals surface area contributed by atoms with Crippen LogP contribution >= 0.6 is 0 Å². The van der Waals surface area contributed by atoms with Gasteiger partial charge in [0.1, 0.15) is 11.6 Å². The second-order valence-corrected chi connectivity index (χ2v) is 9.01. The molecule has 2 fully saturated rings. The molecular formula is C22H36N4O. The molecule has 1 aromatic rings. The summed E-state index contributed by atoms with van der Waals surface area (Å²) in [6.45, 7) is 2.84. The maximum Gasteiger partial charge on any atom is 0.222 e. The van der Waals surface area contributed by atoms with Crippen LogP contribution in [0.1, 0.15) is 101 Å². The third-order valence-electron chi connectivity index (χ3n) is 7.01. The smallest absolute Gasteiger partial charge is 0.222 e. The van der Waals surface area contributed by atoms with Crippen molar-refractivity contribution in [3.05, 3.63) is 11.6 Å². The van der Waals surface area contributed by atoms with E-state index in [0.717, 1.165) is 63.5 Å². The van der Waals surface area contributed by atoms with E-state index >= 15 is 0 Å². The first-order valence-corrected chi connectivity index (χ1v) is 11.5. The number of carbonyl (C=O) groups is 1. The summed E-state index contributed by atoms with van der Waals surface area (Å²) in [5, 5.41) is 9.03. The number of hydrogen-bond donors (Lipinski definition) is 0. The van der Waals surface area contributed by atoms with Crippen molar-refractivity contribution in [2.75, 3.05) is 13.1 Å². The van der Waals surface area contributed by atoms with Crippen molar-refractivity contribution >= 4 is 5.91 Å². The Kier molecular flexibility index (Phi) is 6.46. The number of hydrogen-bond acceptors (Lipinski definition) is 3. The number of aromatic nitrogens is 3. The van der Waals surface area contributed by atoms with Crippen LogP contribution in [-0.4, -0.2) is 38.7 Å². The quantitative estimate of drug-likeness (QED) is 0.767. The molecule has 3 heterocycles. The molecular weight excluding hydrogens is 336 g/mol. The lowest BCUT2D eigenvalue weighted by atomic mass is 9.86. The summed E-state index contributed by atoms with van der Waals surface area (Å²) >= 11 is 0. The number of rotatable bonds is 5. The maximum absolute atomic E-state index is 12.8. The number of carbonyl (C=O) groups excluding carboxylic acids is 1. The zero-order chi connectivity index (χ0) is 18.5. The van der Waals surface area contributed by atoms with E-state index in [0.29, 0.717) is 11.8 Å². The van der Waals surface area contributed by atoms with Crippen LogP contribution in [0.4, 0.5) is 0 Å². The Balaban J connectivity index is 1.30. The summed E-state index contributed by atoms with van der Waals surface area (Å²) in [4.78, 5) is 14.9. The Morgan fingerprint density at radius 2 is 1.78 bits per heavy atom. The largest absolute Gasteiger partial charge is 0.342 e. The summed E-state index contributed by atoms with van der Waals surface area (Å²) in [5.41, 5.74) is 0. The number of nitrogens with zero attached hydrogens (tertiary/aromatic N) is 4. The van der Waals surface area contributed by atoms with Crippen LogP contribution in [0.25, 0.3) is 0 Å². The normalized spacial score (nSPS) is 24.4. The first-order chi connectivity index (χ1) is 13.3. The van der Waals surface area contributed by atoms with Gasteiger partial charge in [-0.2, -0.15) is 0 Å². The second-order valence-electron chi connectivity index (χ2n) is 9.01. The van der Waals surface area contributed by atoms with Crippen LogP contribution in [0.15, 0.2) is 0 Å². The highest BCUT2D eigenvalue weighted by molar-refractivity contribution is 5.76. The Hall–Kier alpha value is -1.39. The Bertz CT molecular complexity index is 620. The lowest BCUT2D eigenvalue weighted by molar-refractivity contribution is -0.132. The third-order valence-corrected chi connectivity index (χ3v) is 7.01. The highest BCUT2D eigenvalue weighted by atomic mass is 16.2. The lowest BCUT2D eigenvalue weighted by Crippen LogP contribution is -2.39. The highest BCUT2D eigenvalue weighted by Crippen LogP contribution is 2.30. The zero-order valence-corrected chi connectivity index (χ0v) is 16.9. The van der Waals surface area contributed by atoms with Gasteiger partial charge < -0.3 is 9.47 Å². The SMILES string of the molecule is O=C(CCCC1CCCCC1)N1CCCC(c2nnc3n2CCCCC3)C1. The Morgan fingerprint density at radius 1 is 0.926 bits per heavy atom. The molecule has 27 heavy (non-hydrogen) atoms. The average Bonchev–Trinajstić information content (AvgIpc) is 2.97. The van der Waals surface area contributed by atoms with Gasteiger partial charge >= 0.3 is 0 Å². The lowest BCUT2D eigenvalue weighted by Gasteiger charge is -2.32. The van der Waals surface area contributed by atoms with Crippen molar-refractivity contribution in [2.24, 2.45) is 5.92 Å². The molecule has 0 spiro atoms. The molecule has 2 aliphatic heterocycles. The molecule has 1 atom stereocenters. The molecule has 150 valence electrons. The molecule has 5 heteroatoms. The monoisotopic (exact) mass is 372 g/mol. The molecule has 0 radical (unpaired) electrons. The minimum absolute atomic E-state index is 0.367. The molecule has 1 saturated heterocycles. The van der Waals surface area contributed by atoms with Crippen molar-refractivity contribution in [1.82, 2.24) is 19.7 Å². The molecule has 1 aromatic heterocycles. The van der Waals surface area contributed by atoms with Crippen molar-refractivity contribution in [1.29, 1.82) is 0 Å². The summed E-state index contributed by atoms with van der Waals surface area (Å²) in [6, 6.07) is 0. The standard InChI is InChI=1S/C22H36N4O/c27-21(14-7-11-18-9-3-1-4-10-18)25-15-8-12-19(17-25)22-24-23-20-13-5-2-6-16-26(20)22/h18-19H,1-17H2. The number of aryl methyl sites for hydroxylation is 1. The molecule has 1 aliphatic carbocycles. The first-order valence-electron chi connectivity index (χ1n) is 11.5. The van der Waals surface area contributed by atoms with E-state index < -0.39 is 0 Å². The van der Waals surface area contributed by atoms with Crippen LogP contribution in [0.2, 0.25) is 0 Å². The molecule has 0 N–H and O–H groups in total. The van der Waals surface area contributed by atoms with Crippen LogP contribution in [0.3, 0.4) is 0 Å². The van der Waals surface area contributed by atoms with Gasteiger partial charge in [-0.1, -0.05) is 38.5 Å². The molecule has 1 unspecified atom stereocenters. The Labute approximate surface area is 163 Å². The van der Waals surface area contributed by atoms with E-state index in [1.54, 1.807) is 0 Å². The molecule has 3 aliphatic rings. The van der Waals surface area contributed by atoms with Gasteiger partial charge in [-0.15, -0.1) is 10.2 Å². The fourth-order valence-corrected chi connectivity index (χ4v) is 5.40. The minimum Gasteiger partial charge on any atom is -0.342 e. The predicted octanol–water partition coefficient (Wildman–Crippen LogP) is 4.46. The number of amides is 1. The fraction of sp³-hybridized carbons (Fsp3) is 0.864. The van der Waals surface area contributed by atoms with Gasteiger partial charge in [0.2, 0.25) is 5.91 Å². The fourth-order valence-electron chi connectivity index (χ4n) is 5.40. The number of fused-ring (bicyclic) bond motifs is 1.